The Kier molecular flexibility index (Phi) is 5.44. The fourth-order valence-corrected chi connectivity index (χ4v) is 2.08. The first-order valence-corrected chi connectivity index (χ1v) is 7.61. The molecule has 0 saturated heterocycles. The summed E-state index contributed by atoms with van der Waals surface area (Å²) in [7, 11) is 1.59. The van der Waals surface area contributed by atoms with E-state index in [1.165, 1.54) is 0 Å². The highest BCUT2D eigenvalue weighted by atomic mass is 35.7. The molecule has 1 aromatic rings. The van der Waals surface area contributed by atoms with E-state index in [9.17, 15) is 13.2 Å². The SMILES string of the molecule is O=C(OCCCCS(=O)(=O)Cl)c1ccccc1. The van der Waals surface area contributed by atoms with Crippen LogP contribution in [-0.2, 0) is 13.8 Å². The first-order chi connectivity index (χ1) is 7.99. The first kappa shape index (κ1) is 14.0. The topological polar surface area (TPSA) is 60.4 Å². The molecule has 1 rings (SSSR count). The Balaban J connectivity index is 2.22. The number of carbonyl (C=O) groups excluding carboxylic acids is 1. The molecule has 0 radical (unpaired) electrons. The molecule has 0 spiro atoms. The van der Waals surface area contributed by atoms with Gasteiger partial charge in [0.15, 0.2) is 0 Å². The van der Waals surface area contributed by atoms with E-state index in [1.807, 2.05) is 6.07 Å². The van der Waals surface area contributed by atoms with Gasteiger partial charge in [-0.05, 0) is 25.0 Å². The summed E-state index contributed by atoms with van der Waals surface area (Å²) in [6, 6.07) is 8.62. The number of halogens is 1. The molecule has 0 N–H and O–H groups in total. The predicted molar refractivity (Wildman–Crippen MR) is 65.6 cm³/mol. The van der Waals surface area contributed by atoms with Crippen LogP contribution in [0.3, 0.4) is 0 Å². The summed E-state index contributed by atoms with van der Waals surface area (Å²) in [6.45, 7) is 0.195. The number of hydrogen-bond donors (Lipinski definition) is 0. The van der Waals surface area contributed by atoms with Gasteiger partial charge < -0.3 is 4.74 Å². The molecular weight excluding hydrogens is 264 g/mol. The van der Waals surface area contributed by atoms with Crippen molar-refractivity contribution in [3.8, 4) is 0 Å². The lowest BCUT2D eigenvalue weighted by atomic mass is 10.2. The summed E-state index contributed by atoms with van der Waals surface area (Å²) in [6.07, 6.45) is 0.860. The quantitative estimate of drug-likeness (QED) is 0.454. The van der Waals surface area contributed by atoms with Crippen LogP contribution in [0.2, 0.25) is 0 Å². The van der Waals surface area contributed by atoms with E-state index in [0.717, 1.165) is 0 Å². The smallest absolute Gasteiger partial charge is 0.338 e. The third-order valence-corrected chi connectivity index (χ3v) is 3.26. The number of esters is 1. The third-order valence-electron chi connectivity index (χ3n) is 2.03. The molecule has 0 amide bonds. The average Bonchev–Trinajstić information content (AvgIpc) is 2.28. The zero-order valence-corrected chi connectivity index (χ0v) is 10.7. The Hall–Kier alpha value is -1.07. The second-order valence-corrected chi connectivity index (χ2v) is 6.35. The summed E-state index contributed by atoms with van der Waals surface area (Å²) in [4.78, 5) is 11.4. The van der Waals surface area contributed by atoms with Crippen LogP contribution in [0.25, 0.3) is 0 Å². The molecule has 1 aromatic carbocycles. The Bertz CT molecular complexity index is 456. The van der Waals surface area contributed by atoms with Gasteiger partial charge in [0.05, 0.1) is 17.9 Å². The maximum Gasteiger partial charge on any atom is 0.338 e. The van der Waals surface area contributed by atoms with Crippen molar-refractivity contribution in [3.63, 3.8) is 0 Å². The van der Waals surface area contributed by atoms with Gasteiger partial charge in [-0.3, -0.25) is 0 Å². The van der Waals surface area contributed by atoms with Crippen LogP contribution in [0.1, 0.15) is 23.2 Å². The molecule has 0 aliphatic rings. The second kappa shape index (κ2) is 6.61. The Morgan fingerprint density at radius 2 is 1.82 bits per heavy atom. The number of ether oxygens (including phenoxy) is 1. The summed E-state index contributed by atoms with van der Waals surface area (Å²) in [5, 5.41) is 0. The number of rotatable bonds is 6. The minimum absolute atomic E-state index is 0.0998. The number of carbonyl (C=O) groups is 1. The largest absolute Gasteiger partial charge is 0.462 e. The van der Waals surface area contributed by atoms with Crippen LogP contribution in [0.5, 0.6) is 0 Å². The molecule has 0 unspecified atom stereocenters. The van der Waals surface area contributed by atoms with Gasteiger partial charge in [0.1, 0.15) is 0 Å². The van der Waals surface area contributed by atoms with Gasteiger partial charge in [-0.1, -0.05) is 18.2 Å². The van der Waals surface area contributed by atoms with Gasteiger partial charge in [-0.25, -0.2) is 13.2 Å². The molecule has 17 heavy (non-hydrogen) atoms. The Morgan fingerprint density at radius 1 is 1.18 bits per heavy atom. The third kappa shape index (κ3) is 6.28. The summed E-state index contributed by atoms with van der Waals surface area (Å²) < 4.78 is 26.2. The van der Waals surface area contributed by atoms with Crippen molar-refractivity contribution < 1.29 is 17.9 Å². The number of unbranched alkanes of at least 4 members (excludes halogenated alkanes) is 1. The van der Waals surface area contributed by atoms with Crippen molar-refractivity contribution in [2.45, 2.75) is 12.8 Å². The predicted octanol–water partition coefficient (Wildman–Crippen LogP) is 2.19. The highest BCUT2D eigenvalue weighted by molar-refractivity contribution is 8.13. The number of benzene rings is 1. The number of hydrogen-bond acceptors (Lipinski definition) is 4. The summed E-state index contributed by atoms with van der Waals surface area (Å²) in [5.41, 5.74) is 0.484. The molecule has 0 saturated carbocycles. The van der Waals surface area contributed by atoms with Gasteiger partial charge in [0.25, 0.3) is 0 Å². The Labute approximate surface area is 105 Å². The van der Waals surface area contributed by atoms with Crippen molar-refractivity contribution in [2.75, 3.05) is 12.4 Å². The van der Waals surface area contributed by atoms with Crippen LogP contribution in [0.4, 0.5) is 0 Å². The van der Waals surface area contributed by atoms with Crippen molar-refractivity contribution >= 4 is 25.7 Å². The van der Waals surface area contributed by atoms with Crippen molar-refractivity contribution in [1.29, 1.82) is 0 Å². The van der Waals surface area contributed by atoms with Crippen LogP contribution in [0, 0.1) is 0 Å². The van der Waals surface area contributed by atoms with E-state index < -0.39 is 15.0 Å². The normalized spacial score (nSPS) is 11.1. The van der Waals surface area contributed by atoms with E-state index in [2.05, 4.69) is 0 Å². The highest BCUT2D eigenvalue weighted by Crippen LogP contribution is 2.04. The van der Waals surface area contributed by atoms with Gasteiger partial charge in [-0.2, -0.15) is 0 Å². The molecule has 0 aliphatic carbocycles. The average molecular weight is 277 g/mol. The molecule has 0 bridgehead atoms. The fraction of sp³-hybridized carbons (Fsp3) is 0.364. The van der Waals surface area contributed by atoms with Crippen LogP contribution in [0.15, 0.2) is 30.3 Å². The van der Waals surface area contributed by atoms with Crippen molar-refractivity contribution in [2.24, 2.45) is 0 Å². The Morgan fingerprint density at radius 3 is 2.41 bits per heavy atom. The molecule has 4 nitrogen and oxygen atoms in total. The molecule has 0 fully saturated rings. The van der Waals surface area contributed by atoms with E-state index in [0.29, 0.717) is 18.4 Å². The van der Waals surface area contributed by atoms with Gasteiger partial charge in [0, 0.05) is 10.7 Å². The van der Waals surface area contributed by atoms with Gasteiger partial charge in [-0.15, -0.1) is 0 Å². The lowest BCUT2D eigenvalue weighted by molar-refractivity contribution is 0.0500. The van der Waals surface area contributed by atoms with E-state index in [1.54, 1.807) is 24.3 Å². The molecule has 6 heteroatoms. The zero-order valence-electron chi connectivity index (χ0n) is 9.13. The van der Waals surface area contributed by atoms with Crippen molar-refractivity contribution in [1.82, 2.24) is 0 Å². The fourth-order valence-electron chi connectivity index (χ4n) is 1.20. The monoisotopic (exact) mass is 276 g/mol. The first-order valence-electron chi connectivity index (χ1n) is 5.13. The minimum Gasteiger partial charge on any atom is -0.462 e. The maximum absolute atomic E-state index is 11.4. The van der Waals surface area contributed by atoms with E-state index in [-0.39, 0.29) is 12.4 Å². The van der Waals surface area contributed by atoms with Crippen LogP contribution < -0.4 is 0 Å². The maximum atomic E-state index is 11.4. The molecule has 0 aromatic heterocycles. The van der Waals surface area contributed by atoms with E-state index in [4.69, 9.17) is 15.4 Å². The molecule has 0 aliphatic heterocycles. The lowest BCUT2D eigenvalue weighted by Crippen LogP contribution is -2.07. The lowest BCUT2D eigenvalue weighted by Gasteiger charge is -2.03. The summed E-state index contributed by atoms with van der Waals surface area (Å²) >= 11 is 0. The second-order valence-electron chi connectivity index (χ2n) is 3.45. The van der Waals surface area contributed by atoms with E-state index >= 15 is 0 Å². The standard InChI is InChI=1S/C11H13ClO4S/c12-17(14,15)9-5-4-8-16-11(13)10-6-2-1-3-7-10/h1-3,6-7H,4-5,8-9H2. The van der Waals surface area contributed by atoms with Gasteiger partial charge >= 0.3 is 5.97 Å². The minimum atomic E-state index is -3.45. The molecule has 0 heterocycles. The van der Waals surface area contributed by atoms with Gasteiger partial charge in [0.2, 0.25) is 9.05 Å². The molecule has 0 atom stereocenters. The summed E-state index contributed by atoms with van der Waals surface area (Å²) in [5.74, 6) is -0.503. The molecular formula is C11H13ClO4S. The van der Waals surface area contributed by atoms with Crippen LogP contribution in [-0.4, -0.2) is 26.7 Å². The highest BCUT2D eigenvalue weighted by Gasteiger charge is 2.07. The van der Waals surface area contributed by atoms with Crippen molar-refractivity contribution in [3.05, 3.63) is 35.9 Å². The van der Waals surface area contributed by atoms with Crippen LogP contribution >= 0.6 is 10.7 Å². The molecule has 94 valence electrons. The zero-order chi connectivity index (χ0) is 12.7.